The highest BCUT2D eigenvalue weighted by molar-refractivity contribution is 5.77. The van der Waals surface area contributed by atoms with Crippen molar-refractivity contribution in [2.75, 3.05) is 39.3 Å². The summed E-state index contributed by atoms with van der Waals surface area (Å²) in [6, 6.07) is 0. The van der Waals surface area contributed by atoms with E-state index in [9.17, 15) is 19.2 Å². The standard InChI is InChI=1S/C20H41N7O5/c21-10-1-13-25-16(28)4-7-20(32-19(24)31,8-5-17(29)26-14-2-11-22)9-6-18(30)27-15-3-12-23/h1-15,21-23H2,(H2,24,31)(H,25,28)(H,26,29)(H,27,30). The van der Waals surface area contributed by atoms with E-state index >= 15 is 0 Å². The van der Waals surface area contributed by atoms with E-state index in [1.807, 2.05) is 0 Å². The summed E-state index contributed by atoms with van der Waals surface area (Å²) >= 11 is 0. The molecule has 0 aromatic heterocycles. The molecule has 0 bridgehead atoms. The van der Waals surface area contributed by atoms with Gasteiger partial charge in [0.25, 0.3) is 0 Å². The van der Waals surface area contributed by atoms with Crippen LogP contribution in [0, 0.1) is 0 Å². The molecule has 0 aromatic rings. The fourth-order valence-electron chi connectivity index (χ4n) is 3.02. The van der Waals surface area contributed by atoms with Crippen LogP contribution in [0.1, 0.15) is 57.8 Å². The lowest BCUT2D eigenvalue weighted by atomic mass is 9.86. The SMILES string of the molecule is NCCCNC(=O)CCC(CCC(=O)NCCCN)(CCC(=O)NCCCN)OC(N)=O. The summed E-state index contributed by atoms with van der Waals surface area (Å²) in [4.78, 5) is 48.1. The van der Waals surface area contributed by atoms with Gasteiger partial charge in [-0.05, 0) is 58.2 Å². The van der Waals surface area contributed by atoms with Crippen molar-refractivity contribution in [3.63, 3.8) is 0 Å². The van der Waals surface area contributed by atoms with E-state index in [2.05, 4.69) is 16.0 Å². The van der Waals surface area contributed by atoms with E-state index in [0.29, 0.717) is 58.5 Å². The Morgan fingerprint density at radius 2 is 0.938 bits per heavy atom. The van der Waals surface area contributed by atoms with Gasteiger partial charge in [0.15, 0.2) is 0 Å². The molecule has 0 radical (unpaired) electrons. The van der Waals surface area contributed by atoms with Crippen molar-refractivity contribution in [3.05, 3.63) is 0 Å². The molecule has 0 saturated heterocycles. The van der Waals surface area contributed by atoms with Gasteiger partial charge in [0, 0.05) is 38.9 Å². The number of carbonyl (C=O) groups is 4. The van der Waals surface area contributed by atoms with Gasteiger partial charge < -0.3 is 43.6 Å². The fourth-order valence-corrected chi connectivity index (χ4v) is 3.02. The predicted molar refractivity (Wildman–Crippen MR) is 121 cm³/mol. The molecule has 0 spiro atoms. The highest BCUT2D eigenvalue weighted by Crippen LogP contribution is 2.30. The Hall–Kier alpha value is -2.44. The van der Waals surface area contributed by atoms with E-state index in [1.165, 1.54) is 0 Å². The molecule has 186 valence electrons. The molecule has 12 nitrogen and oxygen atoms in total. The summed E-state index contributed by atoms with van der Waals surface area (Å²) in [5.74, 6) is -0.720. The number of hydrogen-bond acceptors (Lipinski definition) is 8. The summed E-state index contributed by atoms with van der Waals surface area (Å²) in [5, 5.41) is 8.21. The number of rotatable bonds is 19. The Balaban J connectivity index is 5.16. The van der Waals surface area contributed by atoms with Crippen LogP contribution in [0.3, 0.4) is 0 Å². The van der Waals surface area contributed by atoms with Gasteiger partial charge in [-0.25, -0.2) is 4.79 Å². The molecule has 0 aromatic carbocycles. The monoisotopic (exact) mass is 459 g/mol. The second-order valence-electron chi connectivity index (χ2n) is 7.58. The van der Waals surface area contributed by atoms with Crippen LogP contribution in [0.4, 0.5) is 4.79 Å². The van der Waals surface area contributed by atoms with Crippen molar-refractivity contribution in [2.24, 2.45) is 22.9 Å². The minimum absolute atomic E-state index is 0.0431. The van der Waals surface area contributed by atoms with Gasteiger partial charge in [-0.3, -0.25) is 14.4 Å². The molecule has 12 heteroatoms. The van der Waals surface area contributed by atoms with Crippen LogP contribution in [0.5, 0.6) is 0 Å². The van der Waals surface area contributed by atoms with E-state index in [4.69, 9.17) is 27.7 Å². The number of hydrogen-bond donors (Lipinski definition) is 7. The fraction of sp³-hybridized carbons (Fsp3) is 0.800. The van der Waals surface area contributed by atoms with Gasteiger partial charge in [-0.2, -0.15) is 0 Å². The molecule has 0 fully saturated rings. The first-order chi connectivity index (χ1) is 15.3. The normalized spacial score (nSPS) is 11.0. The Bertz CT molecular complexity index is 510. The molecular formula is C20H41N7O5. The first-order valence-electron chi connectivity index (χ1n) is 11.2. The van der Waals surface area contributed by atoms with Gasteiger partial charge in [0.05, 0.1) is 0 Å². The molecule has 0 unspecified atom stereocenters. The molecule has 0 rings (SSSR count). The maximum atomic E-state index is 12.2. The molecule has 0 aliphatic carbocycles. The lowest BCUT2D eigenvalue weighted by Gasteiger charge is -2.33. The van der Waals surface area contributed by atoms with Crippen LogP contribution in [-0.4, -0.2) is 68.7 Å². The number of carbonyl (C=O) groups excluding carboxylic acids is 4. The lowest BCUT2D eigenvalue weighted by molar-refractivity contribution is -0.124. The molecule has 0 atom stereocenters. The average Bonchev–Trinajstić information content (AvgIpc) is 2.75. The molecule has 0 heterocycles. The number of amides is 4. The Morgan fingerprint density at radius 3 is 1.19 bits per heavy atom. The number of ether oxygens (including phenoxy) is 1. The third-order valence-electron chi connectivity index (χ3n) is 4.85. The van der Waals surface area contributed by atoms with Crippen molar-refractivity contribution >= 4 is 23.8 Å². The summed E-state index contributed by atoms with van der Waals surface area (Å²) in [6.07, 6.45) is 1.39. The summed E-state index contributed by atoms with van der Waals surface area (Å²) in [7, 11) is 0. The molecule has 4 amide bonds. The van der Waals surface area contributed by atoms with Crippen LogP contribution in [0.2, 0.25) is 0 Å². The second-order valence-corrected chi connectivity index (χ2v) is 7.58. The summed E-state index contributed by atoms with van der Waals surface area (Å²) in [6.45, 7) is 2.67. The number of primary amides is 1. The maximum Gasteiger partial charge on any atom is 0.405 e. The van der Waals surface area contributed by atoms with Gasteiger partial charge in [-0.15, -0.1) is 0 Å². The first kappa shape index (κ1) is 29.6. The van der Waals surface area contributed by atoms with Gasteiger partial charge >= 0.3 is 6.09 Å². The minimum Gasteiger partial charge on any atom is -0.443 e. The van der Waals surface area contributed by atoms with Gasteiger partial charge in [0.1, 0.15) is 5.60 Å². The smallest absolute Gasteiger partial charge is 0.405 e. The largest absolute Gasteiger partial charge is 0.443 e. The van der Waals surface area contributed by atoms with Crippen LogP contribution >= 0.6 is 0 Å². The van der Waals surface area contributed by atoms with Gasteiger partial charge in [0.2, 0.25) is 17.7 Å². The molecule has 0 aliphatic heterocycles. The zero-order chi connectivity index (χ0) is 24.2. The highest BCUT2D eigenvalue weighted by atomic mass is 16.6. The Labute approximate surface area is 189 Å². The minimum atomic E-state index is -1.23. The first-order valence-corrected chi connectivity index (χ1v) is 11.2. The number of nitrogens with one attached hydrogen (secondary N) is 3. The van der Waals surface area contributed by atoms with Crippen LogP contribution in [-0.2, 0) is 19.1 Å². The molecule has 0 aliphatic rings. The van der Waals surface area contributed by atoms with E-state index in [1.54, 1.807) is 0 Å². The maximum absolute atomic E-state index is 12.2. The van der Waals surface area contributed by atoms with Crippen molar-refractivity contribution in [3.8, 4) is 0 Å². The highest BCUT2D eigenvalue weighted by Gasteiger charge is 2.35. The summed E-state index contributed by atoms with van der Waals surface area (Å²) in [5.41, 5.74) is 20.3. The zero-order valence-electron chi connectivity index (χ0n) is 19.0. The average molecular weight is 460 g/mol. The van der Waals surface area contributed by atoms with Crippen LogP contribution in [0.25, 0.3) is 0 Å². The third kappa shape index (κ3) is 15.4. The summed E-state index contributed by atoms with van der Waals surface area (Å²) < 4.78 is 5.40. The zero-order valence-corrected chi connectivity index (χ0v) is 19.0. The van der Waals surface area contributed by atoms with E-state index in [-0.39, 0.29) is 56.2 Å². The van der Waals surface area contributed by atoms with Crippen molar-refractivity contribution in [2.45, 2.75) is 63.4 Å². The van der Waals surface area contributed by atoms with Crippen LogP contribution < -0.4 is 38.9 Å². The molecule has 32 heavy (non-hydrogen) atoms. The van der Waals surface area contributed by atoms with Crippen LogP contribution in [0.15, 0.2) is 0 Å². The predicted octanol–water partition coefficient (Wildman–Crippen LogP) is -1.44. The van der Waals surface area contributed by atoms with E-state index < -0.39 is 11.7 Å². The molecule has 11 N–H and O–H groups in total. The van der Waals surface area contributed by atoms with Gasteiger partial charge in [-0.1, -0.05) is 0 Å². The lowest BCUT2D eigenvalue weighted by Crippen LogP contribution is -2.41. The van der Waals surface area contributed by atoms with Crippen molar-refractivity contribution < 1.29 is 23.9 Å². The topological polar surface area (TPSA) is 218 Å². The Kier molecular flexibility index (Phi) is 16.8. The second kappa shape index (κ2) is 18.2. The van der Waals surface area contributed by atoms with Crippen molar-refractivity contribution in [1.82, 2.24) is 16.0 Å². The molecular weight excluding hydrogens is 418 g/mol. The Morgan fingerprint density at radius 1 is 0.625 bits per heavy atom. The van der Waals surface area contributed by atoms with E-state index in [0.717, 1.165) is 0 Å². The van der Waals surface area contributed by atoms with Crippen molar-refractivity contribution in [1.29, 1.82) is 0 Å². The number of nitrogens with two attached hydrogens (primary N) is 4. The third-order valence-corrected chi connectivity index (χ3v) is 4.85. The molecule has 0 saturated carbocycles. The quantitative estimate of drug-likeness (QED) is 0.113.